The number of nitrogens with zero attached hydrogens (tertiary/aromatic N) is 3. The Hall–Kier alpha value is -2.74. The Morgan fingerprint density at radius 1 is 1.00 bits per heavy atom. The average molecular weight is 421 g/mol. The molecule has 2 aromatic heterocycles. The molecule has 2 atom stereocenters. The molecule has 4 rings (SSSR count). The highest BCUT2D eigenvalue weighted by atomic mass is 32.2. The monoisotopic (exact) mass is 420 g/mol. The van der Waals surface area contributed by atoms with Gasteiger partial charge in [0.05, 0.1) is 6.04 Å². The third-order valence-corrected chi connectivity index (χ3v) is 6.39. The number of benzene rings is 2. The lowest BCUT2D eigenvalue weighted by Crippen LogP contribution is -2.42. The summed E-state index contributed by atoms with van der Waals surface area (Å²) in [5.74, 6) is 0.681. The summed E-state index contributed by atoms with van der Waals surface area (Å²) in [5.41, 5.74) is 3.41. The first-order valence-corrected chi connectivity index (χ1v) is 11.0. The van der Waals surface area contributed by atoms with Gasteiger partial charge in [-0.15, -0.1) is 4.72 Å². The van der Waals surface area contributed by atoms with Gasteiger partial charge in [-0.25, -0.2) is 9.97 Å². The minimum atomic E-state index is -1.27. The number of rotatable bonds is 6. The van der Waals surface area contributed by atoms with E-state index in [1.54, 1.807) is 18.5 Å². The molecule has 0 aliphatic rings. The van der Waals surface area contributed by atoms with Gasteiger partial charge in [-0.3, -0.25) is 0 Å². The second-order valence-corrected chi connectivity index (χ2v) is 10.0. The lowest BCUT2D eigenvalue weighted by molar-refractivity contribution is 0.459. The molecule has 0 saturated carbocycles. The molecular formula is C23H24N4O2S. The van der Waals surface area contributed by atoms with E-state index in [2.05, 4.69) is 19.8 Å². The number of nitrogens with one attached hydrogen (secondary N) is 1. The SMILES string of the molecule is CC(C)(C)[S+]([O-])N[C@@H](Cc1ncccn1)c1ccccc1-c1noc2ccccc12. The van der Waals surface area contributed by atoms with Crippen LogP contribution in [0.3, 0.4) is 0 Å². The van der Waals surface area contributed by atoms with Crippen LogP contribution in [0.25, 0.3) is 22.2 Å². The van der Waals surface area contributed by atoms with Crippen LogP contribution in [0.4, 0.5) is 0 Å². The zero-order valence-electron chi connectivity index (χ0n) is 17.2. The van der Waals surface area contributed by atoms with Crippen molar-refractivity contribution in [1.29, 1.82) is 0 Å². The predicted octanol–water partition coefficient (Wildman–Crippen LogP) is 4.62. The van der Waals surface area contributed by atoms with Crippen LogP contribution in [-0.4, -0.2) is 24.4 Å². The highest BCUT2D eigenvalue weighted by Gasteiger charge is 2.31. The van der Waals surface area contributed by atoms with Crippen molar-refractivity contribution in [2.75, 3.05) is 0 Å². The molecule has 0 spiro atoms. The zero-order chi connectivity index (χ0) is 21.1. The van der Waals surface area contributed by atoms with E-state index < -0.39 is 16.1 Å². The molecular weight excluding hydrogens is 396 g/mol. The average Bonchev–Trinajstić information content (AvgIpc) is 3.17. The Morgan fingerprint density at radius 3 is 2.47 bits per heavy atom. The smallest absolute Gasteiger partial charge is 0.167 e. The van der Waals surface area contributed by atoms with Crippen LogP contribution in [0.2, 0.25) is 0 Å². The molecule has 2 aromatic carbocycles. The van der Waals surface area contributed by atoms with E-state index in [-0.39, 0.29) is 6.04 Å². The quantitative estimate of drug-likeness (QED) is 0.458. The van der Waals surface area contributed by atoms with E-state index in [4.69, 9.17) is 4.52 Å². The normalized spacial score (nSPS) is 14.0. The highest BCUT2D eigenvalue weighted by molar-refractivity contribution is 7.90. The highest BCUT2D eigenvalue weighted by Crippen LogP contribution is 2.34. The van der Waals surface area contributed by atoms with Gasteiger partial charge >= 0.3 is 0 Å². The lowest BCUT2D eigenvalue weighted by atomic mass is 9.95. The van der Waals surface area contributed by atoms with Crippen LogP contribution < -0.4 is 4.72 Å². The molecule has 0 amide bonds. The van der Waals surface area contributed by atoms with E-state index in [1.807, 2.05) is 69.3 Å². The summed E-state index contributed by atoms with van der Waals surface area (Å²) in [5, 5.41) is 5.27. The summed E-state index contributed by atoms with van der Waals surface area (Å²) in [6, 6.07) is 17.3. The lowest BCUT2D eigenvalue weighted by Gasteiger charge is -2.28. The topological polar surface area (TPSA) is 86.9 Å². The van der Waals surface area contributed by atoms with Crippen LogP contribution in [0.15, 0.2) is 71.5 Å². The van der Waals surface area contributed by atoms with Crippen LogP contribution >= 0.6 is 0 Å². The molecule has 7 heteroatoms. The van der Waals surface area contributed by atoms with Gasteiger partial charge in [-0.05, 0) is 44.5 Å². The van der Waals surface area contributed by atoms with Gasteiger partial charge in [0.1, 0.15) is 16.3 Å². The molecule has 6 nitrogen and oxygen atoms in total. The molecule has 154 valence electrons. The van der Waals surface area contributed by atoms with Crippen molar-refractivity contribution >= 4 is 22.3 Å². The van der Waals surface area contributed by atoms with Crippen LogP contribution in [0.5, 0.6) is 0 Å². The number of fused-ring (bicyclic) bond motifs is 1. The van der Waals surface area contributed by atoms with Gasteiger partial charge in [0.2, 0.25) is 0 Å². The Balaban J connectivity index is 1.79. The maximum atomic E-state index is 13.0. The molecule has 0 saturated heterocycles. The first kappa shape index (κ1) is 20.5. The Bertz CT molecular complexity index is 1120. The van der Waals surface area contributed by atoms with Crippen LogP contribution in [0.1, 0.15) is 38.2 Å². The first-order valence-electron chi connectivity index (χ1n) is 9.81. The van der Waals surface area contributed by atoms with Gasteiger partial charge in [-0.2, -0.15) is 0 Å². The van der Waals surface area contributed by atoms with Gasteiger partial charge in [0, 0.05) is 41.1 Å². The van der Waals surface area contributed by atoms with Crippen molar-refractivity contribution in [3.8, 4) is 11.3 Å². The minimum absolute atomic E-state index is 0.265. The van der Waals surface area contributed by atoms with Crippen molar-refractivity contribution in [1.82, 2.24) is 19.8 Å². The van der Waals surface area contributed by atoms with Gasteiger partial charge in [-0.1, -0.05) is 41.6 Å². The maximum Gasteiger partial charge on any atom is 0.167 e. The second-order valence-electron chi connectivity index (χ2n) is 8.04. The van der Waals surface area contributed by atoms with Crippen molar-refractivity contribution in [3.63, 3.8) is 0 Å². The van der Waals surface area contributed by atoms with Crippen molar-refractivity contribution in [3.05, 3.63) is 78.4 Å². The fourth-order valence-corrected chi connectivity index (χ4v) is 4.06. The molecule has 1 N–H and O–H groups in total. The fraction of sp³-hybridized carbons (Fsp3) is 0.261. The summed E-state index contributed by atoms with van der Waals surface area (Å²) in [6.45, 7) is 5.84. The number of hydrogen-bond acceptors (Lipinski definition) is 6. The van der Waals surface area contributed by atoms with Crippen molar-refractivity contribution in [2.45, 2.75) is 38.0 Å². The maximum absolute atomic E-state index is 13.0. The third-order valence-electron chi connectivity index (χ3n) is 4.78. The molecule has 0 aliphatic heterocycles. The molecule has 0 bridgehead atoms. The largest absolute Gasteiger partial charge is 0.598 e. The molecule has 0 aliphatic carbocycles. The predicted molar refractivity (Wildman–Crippen MR) is 119 cm³/mol. The summed E-state index contributed by atoms with van der Waals surface area (Å²) in [4.78, 5) is 8.74. The van der Waals surface area contributed by atoms with E-state index in [9.17, 15) is 4.55 Å². The fourth-order valence-electron chi connectivity index (χ4n) is 3.24. The molecule has 2 heterocycles. The number of aromatic nitrogens is 3. The summed E-state index contributed by atoms with van der Waals surface area (Å²) in [7, 11) is 0. The van der Waals surface area contributed by atoms with Crippen molar-refractivity contribution in [2.24, 2.45) is 0 Å². The van der Waals surface area contributed by atoms with Gasteiger partial charge in [0.15, 0.2) is 5.58 Å². The molecule has 4 aromatic rings. The zero-order valence-corrected chi connectivity index (χ0v) is 18.0. The molecule has 30 heavy (non-hydrogen) atoms. The standard InChI is InChI=1S/C23H24N4O2S/c1-23(2,3)30(28)27-19(15-21-24-13-8-14-25-21)16-9-4-5-10-17(16)22-18-11-6-7-12-20(18)29-26-22/h4-14,19,27H,15H2,1-3H3/t19-,30?/m0/s1. The van der Waals surface area contributed by atoms with Crippen LogP contribution in [-0.2, 0) is 17.8 Å². The van der Waals surface area contributed by atoms with E-state index in [1.165, 1.54) is 0 Å². The van der Waals surface area contributed by atoms with E-state index >= 15 is 0 Å². The first-order chi connectivity index (χ1) is 14.4. The van der Waals surface area contributed by atoms with Crippen molar-refractivity contribution < 1.29 is 9.08 Å². The minimum Gasteiger partial charge on any atom is -0.598 e. The summed E-state index contributed by atoms with van der Waals surface area (Å²) < 4.78 is 21.4. The Kier molecular flexibility index (Phi) is 5.85. The van der Waals surface area contributed by atoms with Gasteiger partial charge < -0.3 is 9.08 Å². The molecule has 1 unspecified atom stereocenters. The number of hydrogen-bond donors (Lipinski definition) is 1. The Labute approximate surface area is 179 Å². The van der Waals surface area contributed by atoms with Gasteiger partial charge in [0.25, 0.3) is 0 Å². The molecule has 0 fully saturated rings. The number of para-hydroxylation sites is 1. The Morgan fingerprint density at radius 2 is 1.70 bits per heavy atom. The molecule has 0 radical (unpaired) electrons. The van der Waals surface area contributed by atoms with E-state index in [0.717, 1.165) is 27.8 Å². The summed E-state index contributed by atoms with van der Waals surface area (Å²) in [6.07, 6.45) is 3.93. The van der Waals surface area contributed by atoms with Crippen LogP contribution in [0, 0.1) is 0 Å². The second kappa shape index (κ2) is 8.55. The van der Waals surface area contributed by atoms with E-state index in [0.29, 0.717) is 12.2 Å². The summed E-state index contributed by atoms with van der Waals surface area (Å²) >= 11 is -1.27. The third kappa shape index (κ3) is 4.38.